The lowest BCUT2D eigenvalue weighted by molar-refractivity contribution is -0.139. The average Bonchev–Trinajstić information content (AvgIpc) is 3.01. The topological polar surface area (TPSA) is 66.8 Å². The van der Waals surface area contributed by atoms with E-state index in [4.69, 9.17) is 16.3 Å². The van der Waals surface area contributed by atoms with Gasteiger partial charge in [0.15, 0.2) is 0 Å². The van der Waals surface area contributed by atoms with Gasteiger partial charge in [-0.1, -0.05) is 44.0 Å². The summed E-state index contributed by atoms with van der Waals surface area (Å²) in [7, 11) is 0. The molecule has 1 unspecified atom stereocenters. The molecule has 0 aliphatic carbocycles. The van der Waals surface area contributed by atoms with Crippen LogP contribution in [0.25, 0.3) is 5.76 Å². The van der Waals surface area contributed by atoms with Gasteiger partial charge in [-0.2, -0.15) is 0 Å². The summed E-state index contributed by atoms with van der Waals surface area (Å²) in [6.07, 6.45) is 2.54. The van der Waals surface area contributed by atoms with Gasteiger partial charge in [-0.05, 0) is 61.2 Å². The maximum absolute atomic E-state index is 13.0. The molecule has 0 saturated carbocycles. The van der Waals surface area contributed by atoms with E-state index in [9.17, 15) is 14.7 Å². The lowest BCUT2D eigenvalue weighted by Gasteiger charge is -2.25. The minimum absolute atomic E-state index is 0.102. The number of benzene rings is 2. The molecule has 0 radical (unpaired) electrons. The number of ether oxygens (including phenoxy) is 1. The van der Waals surface area contributed by atoms with Crippen molar-refractivity contribution in [2.45, 2.75) is 46.1 Å². The third-order valence-electron chi connectivity index (χ3n) is 5.39. The zero-order chi connectivity index (χ0) is 22.5. The molecule has 0 bridgehead atoms. The smallest absolute Gasteiger partial charge is 0.295 e. The van der Waals surface area contributed by atoms with Gasteiger partial charge in [0.2, 0.25) is 0 Å². The zero-order valence-corrected chi connectivity index (χ0v) is 18.9. The largest absolute Gasteiger partial charge is 0.507 e. The highest BCUT2D eigenvalue weighted by Crippen LogP contribution is 2.40. The predicted octanol–water partition coefficient (Wildman–Crippen LogP) is 5.66. The highest BCUT2D eigenvalue weighted by Gasteiger charge is 2.45. The highest BCUT2D eigenvalue weighted by molar-refractivity contribution is 6.46. The Labute approximate surface area is 188 Å². The number of aliphatic hydroxyl groups is 1. The molecule has 1 fully saturated rings. The lowest BCUT2D eigenvalue weighted by atomic mass is 9.94. The number of likely N-dealkylation sites (tertiary alicyclic amines) is 1. The fourth-order valence-corrected chi connectivity index (χ4v) is 3.88. The van der Waals surface area contributed by atoms with Crippen LogP contribution in [0.1, 0.15) is 55.8 Å². The number of halogens is 1. The summed E-state index contributed by atoms with van der Waals surface area (Å²) in [4.78, 5) is 27.4. The van der Waals surface area contributed by atoms with E-state index in [1.165, 1.54) is 0 Å². The van der Waals surface area contributed by atoms with E-state index in [0.717, 1.165) is 36.1 Å². The first-order valence-corrected chi connectivity index (χ1v) is 11.0. The van der Waals surface area contributed by atoms with Crippen molar-refractivity contribution in [3.63, 3.8) is 0 Å². The number of unbranched alkanes of at least 4 members (excludes halogenated alkanes) is 1. The summed E-state index contributed by atoms with van der Waals surface area (Å²) in [6.45, 7) is 6.99. The summed E-state index contributed by atoms with van der Waals surface area (Å²) < 4.78 is 5.71. The van der Waals surface area contributed by atoms with Crippen LogP contribution in [0.5, 0.6) is 5.75 Å². The number of rotatable bonds is 8. The monoisotopic (exact) mass is 441 g/mol. The Kier molecular flexibility index (Phi) is 7.39. The van der Waals surface area contributed by atoms with Crippen molar-refractivity contribution in [1.29, 1.82) is 0 Å². The summed E-state index contributed by atoms with van der Waals surface area (Å²) in [5, 5.41) is 11.7. The number of hydrogen-bond acceptors (Lipinski definition) is 4. The van der Waals surface area contributed by atoms with E-state index in [-0.39, 0.29) is 11.3 Å². The van der Waals surface area contributed by atoms with E-state index in [2.05, 4.69) is 0 Å². The van der Waals surface area contributed by atoms with E-state index in [1.54, 1.807) is 47.4 Å². The lowest BCUT2D eigenvalue weighted by Crippen LogP contribution is -2.30. The van der Waals surface area contributed by atoms with Crippen LogP contribution in [-0.4, -0.2) is 34.8 Å². The van der Waals surface area contributed by atoms with Crippen molar-refractivity contribution < 1.29 is 19.4 Å². The summed E-state index contributed by atoms with van der Waals surface area (Å²) in [5.41, 5.74) is 2.17. The standard InChI is InChI=1S/C25H28ClNO4/c1-4-6-13-27-22(17-7-10-19(26)11-8-17)21(24(29)25(27)30)23(28)18-9-12-20(16(3)15-18)31-14-5-2/h7-12,15,22,28H,4-6,13-14H2,1-3H3/b23-21-. The first kappa shape index (κ1) is 22.9. The Balaban J connectivity index is 2.09. The second-order valence-electron chi connectivity index (χ2n) is 7.73. The van der Waals surface area contributed by atoms with Crippen molar-refractivity contribution in [3.05, 3.63) is 69.8 Å². The fraction of sp³-hybridized carbons (Fsp3) is 0.360. The molecule has 164 valence electrons. The quantitative estimate of drug-likeness (QED) is 0.326. The maximum Gasteiger partial charge on any atom is 0.295 e. The molecule has 1 amide bonds. The van der Waals surface area contributed by atoms with E-state index in [0.29, 0.717) is 23.7 Å². The highest BCUT2D eigenvalue weighted by atomic mass is 35.5. The van der Waals surface area contributed by atoms with Gasteiger partial charge in [-0.3, -0.25) is 9.59 Å². The fourth-order valence-electron chi connectivity index (χ4n) is 3.76. The Bertz CT molecular complexity index is 997. The molecule has 1 aliphatic rings. The number of carbonyl (C=O) groups excluding carboxylic acids is 2. The Morgan fingerprint density at radius 1 is 1.10 bits per heavy atom. The Morgan fingerprint density at radius 3 is 2.42 bits per heavy atom. The number of Topliss-reactive ketones (excluding diaryl/α,β-unsaturated/α-hetero) is 1. The van der Waals surface area contributed by atoms with Gasteiger partial charge in [-0.15, -0.1) is 0 Å². The molecule has 1 atom stereocenters. The molecule has 0 aromatic heterocycles. The Morgan fingerprint density at radius 2 is 1.81 bits per heavy atom. The van der Waals surface area contributed by atoms with Gasteiger partial charge in [0.1, 0.15) is 11.5 Å². The van der Waals surface area contributed by atoms with Crippen LogP contribution in [-0.2, 0) is 9.59 Å². The van der Waals surface area contributed by atoms with E-state index >= 15 is 0 Å². The summed E-state index contributed by atoms with van der Waals surface area (Å²) >= 11 is 6.04. The van der Waals surface area contributed by atoms with Crippen LogP contribution in [0.3, 0.4) is 0 Å². The van der Waals surface area contributed by atoms with Gasteiger partial charge in [-0.25, -0.2) is 0 Å². The van der Waals surface area contributed by atoms with Crippen molar-refractivity contribution in [2.75, 3.05) is 13.2 Å². The second-order valence-corrected chi connectivity index (χ2v) is 8.16. The van der Waals surface area contributed by atoms with E-state index < -0.39 is 17.7 Å². The van der Waals surface area contributed by atoms with Crippen molar-refractivity contribution >= 4 is 29.1 Å². The third kappa shape index (κ3) is 4.77. The molecule has 1 N–H and O–H groups in total. The van der Waals surface area contributed by atoms with E-state index in [1.807, 2.05) is 20.8 Å². The number of ketones is 1. The summed E-state index contributed by atoms with van der Waals surface area (Å²) in [6, 6.07) is 11.6. The molecule has 2 aromatic carbocycles. The van der Waals surface area contributed by atoms with Crippen LogP contribution in [0, 0.1) is 6.92 Å². The van der Waals surface area contributed by atoms with Crippen LogP contribution in [0.4, 0.5) is 0 Å². The number of hydrogen-bond donors (Lipinski definition) is 1. The van der Waals surface area contributed by atoms with Crippen LogP contribution < -0.4 is 4.74 Å². The molecule has 0 spiro atoms. The molecule has 5 nitrogen and oxygen atoms in total. The van der Waals surface area contributed by atoms with Gasteiger partial charge in [0.05, 0.1) is 18.2 Å². The molecule has 1 aliphatic heterocycles. The Hall–Kier alpha value is -2.79. The third-order valence-corrected chi connectivity index (χ3v) is 5.64. The first-order valence-electron chi connectivity index (χ1n) is 10.7. The van der Waals surface area contributed by atoms with Crippen LogP contribution >= 0.6 is 11.6 Å². The predicted molar refractivity (Wildman–Crippen MR) is 122 cm³/mol. The minimum atomic E-state index is -0.669. The second kappa shape index (κ2) is 10.0. The molecule has 1 saturated heterocycles. The number of carbonyl (C=O) groups is 2. The molecular weight excluding hydrogens is 414 g/mol. The van der Waals surface area contributed by atoms with Gasteiger partial charge >= 0.3 is 0 Å². The zero-order valence-electron chi connectivity index (χ0n) is 18.2. The molecule has 6 heteroatoms. The molecule has 2 aromatic rings. The maximum atomic E-state index is 13.0. The molecular formula is C25H28ClNO4. The number of aliphatic hydroxyl groups excluding tert-OH is 1. The van der Waals surface area contributed by atoms with Gasteiger partial charge in [0.25, 0.3) is 11.7 Å². The van der Waals surface area contributed by atoms with Gasteiger partial charge < -0.3 is 14.7 Å². The number of nitrogens with zero attached hydrogens (tertiary/aromatic N) is 1. The van der Waals surface area contributed by atoms with Crippen molar-refractivity contribution in [3.8, 4) is 5.75 Å². The van der Waals surface area contributed by atoms with Crippen molar-refractivity contribution in [2.24, 2.45) is 0 Å². The van der Waals surface area contributed by atoms with Gasteiger partial charge in [0, 0.05) is 17.1 Å². The number of amides is 1. The normalized spacial score (nSPS) is 17.9. The molecule has 31 heavy (non-hydrogen) atoms. The average molecular weight is 442 g/mol. The van der Waals surface area contributed by atoms with Crippen molar-refractivity contribution in [1.82, 2.24) is 4.90 Å². The molecule has 3 rings (SSSR count). The first-order chi connectivity index (χ1) is 14.9. The molecule has 1 heterocycles. The number of aryl methyl sites for hydroxylation is 1. The van der Waals surface area contributed by atoms with Crippen LogP contribution in [0.15, 0.2) is 48.0 Å². The minimum Gasteiger partial charge on any atom is -0.507 e. The summed E-state index contributed by atoms with van der Waals surface area (Å²) in [5.74, 6) is -0.703. The SMILES string of the molecule is CCCCN1C(=O)C(=O)/C(=C(\O)c2ccc(OCCC)c(C)c2)C1c1ccc(Cl)cc1. The van der Waals surface area contributed by atoms with Crippen LogP contribution in [0.2, 0.25) is 5.02 Å².